The van der Waals surface area contributed by atoms with Crippen LogP contribution in [0.25, 0.3) is 0 Å². The molecular formula is C11H18N2O3. The van der Waals surface area contributed by atoms with Gasteiger partial charge in [-0.15, -0.1) is 0 Å². The molecule has 0 heterocycles. The summed E-state index contributed by atoms with van der Waals surface area (Å²) < 4.78 is 0. The minimum Gasteiger partial charge on any atom is -0.480 e. The third-order valence-electron chi connectivity index (χ3n) is 2.52. The first-order valence-electron chi connectivity index (χ1n) is 5.60. The molecule has 1 aliphatic rings. The van der Waals surface area contributed by atoms with Crippen molar-refractivity contribution in [3.63, 3.8) is 0 Å². The SMILES string of the molecule is O=C(O)CNC(=O)NCCC1=CCCCC1. The second kappa shape index (κ2) is 6.87. The van der Waals surface area contributed by atoms with E-state index in [9.17, 15) is 9.59 Å². The highest BCUT2D eigenvalue weighted by Gasteiger charge is 2.05. The van der Waals surface area contributed by atoms with Crippen LogP contribution in [0.1, 0.15) is 32.1 Å². The van der Waals surface area contributed by atoms with Crippen LogP contribution in [0.3, 0.4) is 0 Å². The van der Waals surface area contributed by atoms with Crippen LogP contribution >= 0.6 is 0 Å². The number of carbonyl (C=O) groups excluding carboxylic acids is 1. The van der Waals surface area contributed by atoms with Crippen LogP contribution in [-0.2, 0) is 4.79 Å². The smallest absolute Gasteiger partial charge is 0.323 e. The number of hydrogen-bond donors (Lipinski definition) is 3. The fraction of sp³-hybridized carbons (Fsp3) is 0.636. The van der Waals surface area contributed by atoms with E-state index in [2.05, 4.69) is 16.7 Å². The Morgan fingerprint density at radius 1 is 1.31 bits per heavy atom. The summed E-state index contributed by atoms with van der Waals surface area (Å²) in [6, 6.07) is -0.418. The number of aliphatic carboxylic acids is 1. The van der Waals surface area contributed by atoms with Crippen LogP contribution in [-0.4, -0.2) is 30.2 Å². The van der Waals surface area contributed by atoms with E-state index >= 15 is 0 Å². The van der Waals surface area contributed by atoms with Gasteiger partial charge in [-0.3, -0.25) is 4.79 Å². The van der Waals surface area contributed by atoms with Crippen LogP contribution in [0.2, 0.25) is 0 Å². The summed E-state index contributed by atoms with van der Waals surface area (Å²) in [5.74, 6) is -1.04. The van der Waals surface area contributed by atoms with Crippen LogP contribution in [0, 0.1) is 0 Å². The van der Waals surface area contributed by atoms with E-state index in [0.29, 0.717) is 6.54 Å². The monoisotopic (exact) mass is 226 g/mol. The van der Waals surface area contributed by atoms with Gasteiger partial charge >= 0.3 is 12.0 Å². The Labute approximate surface area is 94.9 Å². The Morgan fingerprint density at radius 2 is 2.12 bits per heavy atom. The third kappa shape index (κ3) is 5.38. The van der Waals surface area contributed by atoms with E-state index < -0.39 is 12.0 Å². The van der Waals surface area contributed by atoms with Gasteiger partial charge in [0.25, 0.3) is 0 Å². The number of nitrogens with one attached hydrogen (secondary N) is 2. The number of rotatable bonds is 5. The summed E-state index contributed by atoms with van der Waals surface area (Å²) in [6.45, 7) is 0.228. The third-order valence-corrected chi connectivity index (χ3v) is 2.52. The second-order valence-electron chi connectivity index (χ2n) is 3.86. The predicted octanol–water partition coefficient (Wildman–Crippen LogP) is 1.26. The number of carboxylic acid groups (broad SMARTS) is 1. The zero-order valence-electron chi connectivity index (χ0n) is 9.29. The fourth-order valence-corrected chi connectivity index (χ4v) is 1.69. The largest absolute Gasteiger partial charge is 0.480 e. The number of urea groups is 1. The number of allylic oxidation sites excluding steroid dienone is 1. The van der Waals surface area contributed by atoms with Gasteiger partial charge in [-0.25, -0.2) is 4.79 Å². The van der Waals surface area contributed by atoms with Gasteiger partial charge < -0.3 is 15.7 Å². The molecule has 1 rings (SSSR count). The lowest BCUT2D eigenvalue weighted by Gasteiger charge is -2.12. The van der Waals surface area contributed by atoms with Crippen molar-refractivity contribution in [2.75, 3.05) is 13.1 Å². The molecule has 0 aromatic rings. The summed E-state index contributed by atoms with van der Waals surface area (Å²) in [4.78, 5) is 21.3. The molecule has 0 aromatic heterocycles. The zero-order chi connectivity index (χ0) is 11.8. The van der Waals surface area contributed by atoms with E-state index in [-0.39, 0.29) is 6.54 Å². The number of carboxylic acids is 1. The van der Waals surface area contributed by atoms with Gasteiger partial charge in [0.1, 0.15) is 6.54 Å². The highest BCUT2D eigenvalue weighted by molar-refractivity contribution is 5.79. The number of hydrogen-bond acceptors (Lipinski definition) is 2. The molecule has 1 aliphatic carbocycles. The Kier molecular flexibility index (Phi) is 5.39. The van der Waals surface area contributed by atoms with Crippen LogP contribution < -0.4 is 10.6 Å². The minimum absolute atomic E-state index is 0.339. The van der Waals surface area contributed by atoms with Gasteiger partial charge in [0.2, 0.25) is 0 Å². The van der Waals surface area contributed by atoms with Gasteiger partial charge in [-0.05, 0) is 32.1 Å². The molecule has 3 N–H and O–H groups in total. The molecule has 5 nitrogen and oxygen atoms in total. The van der Waals surface area contributed by atoms with Gasteiger partial charge in [0.15, 0.2) is 0 Å². The Hall–Kier alpha value is -1.52. The maximum Gasteiger partial charge on any atom is 0.323 e. The van der Waals surface area contributed by atoms with Crippen molar-refractivity contribution in [1.29, 1.82) is 0 Å². The molecule has 5 heteroatoms. The highest BCUT2D eigenvalue weighted by atomic mass is 16.4. The van der Waals surface area contributed by atoms with E-state index in [1.165, 1.54) is 18.4 Å². The van der Waals surface area contributed by atoms with Crippen molar-refractivity contribution < 1.29 is 14.7 Å². The first-order valence-corrected chi connectivity index (χ1v) is 5.60. The molecule has 0 radical (unpaired) electrons. The first kappa shape index (κ1) is 12.5. The van der Waals surface area contributed by atoms with Crippen LogP contribution in [0.5, 0.6) is 0 Å². The summed E-state index contributed by atoms with van der Waals surface area (Å²) in [7, 11) is 0. The quantitative estimate of drug-likeness (QED) is 0.617. The van der Waals surface area contributed by atoms with E-state index in [0.717, 1.165) is 19.3 Å². The van der Waals surface area contributed by atoms with Gasteiger partial charge in [0, 0.05) is 6.54 Å². The molecule has 2 amide bonds. The summed E-state index contributed by atoms with van der Waals surface area (Å²) in [5, 5.41) is 13.2. The Balaban J connectivity index is 2.08. The molecule has 0 saturated heterocycles. The average Bonchev–Trinajstić information content (AvgIpc) is 2.28. The molecule has 0 aromatic carbocycles. The van der Waals surface area contributed by atoms with Crippen LogP contribution in [0.4, 0.5) is 4.79 Å². The van der Waals surface area contributed by atoms with E-state index in [4.69, 9.17) is 5.11 Å². The van der Waals surface area contributed by atoms with Crippen molar-refractivity contribution in [3.05, 3.63) is 11.6 Å². The van der Waals surface area contributed by atoms with Crippen molar-refractivity contribution in [2.45, 2.75) is 32.1 Å². The predicted molar refractivity (Wildman–Crippen MR) is 60.2 cm³/mol. The van der Waals surface area contributed by atoms with Crippen LogP contribution in [0.15, 0.2) is 11.6 Å². The summed E-state index contributed by atoms with van der Waals surface area (Å²) >= 11 is 0. The molecule has 0 atom stereocenters. The molecule has 0 bridgehead atoms. The van der Waals surface area contributed by atoms with Gasteiger partial charge in [0.05, 0.1) is 0 Å². The molecule has 0 saturated carbocycles. The average molecular weight is 226 g/mol. The lowest BCUT2D eigenvalue weighted by Crippen LogP contribution is -2.38. The van der Waals surface area contributed by atoms with Crippen molar-refractivity contribution in [3.8, 4) is 0 Å². The molecular weight excluding hydrogens is 208 g/mol. The molecule has 0 aliphatic heterocycles. The lowest BCUT2D eigenvalue weighted by molar-refractivity contribution is -0.135. The van der Waals surface area contributed by atoms with E-state index in [1.54, 1.807) is 0 Å². The number of carbonyl (C=O) groups is 2. The fourth-order valence-electron chi connectivity index (χ4n) is 1.69. The zero-order valence-corrected chi connectivity index (χ0v) is 9.29. The second-order valence-corrected chi connectivity index (χ2v) is 3.86. The maximum absolute atomic E-state index is 11.1. The van der Waals surface area contributed by atoms with Gasteiger partial charge in [-0.1, -0.05) is 11.6 Å². The van der Waals surface area contributed by atoms with Gasteiger partial charge in [-0.2, -0.15) is 0 Å². The number of amides is 2. The van der Waals surface area contributed by atoms with Crippen molar-refractivity contribution >= 4 is 12.0 Å². The molecule has 16 heavy (non-hydrogen) atoms. The van der Waals surface area contributed by atoms with Crippen molar-refractivity contribution in [1.82, 2.24) is 10.6 Å². The summed E-state index contributed by atoms with van der Waals surface area (Å²) in [6.07, 6.45) is 7.85. The molecule has 0 spiro atoms. The topological polar surface area (TPSA) is 78.4 Å². The molecule has 0 unspecified atom stereocenters. The Bertz CT molecular complexity index is 287. The standard InChI is InChI=1S/C11H18N2O3/c14-10(15)8-13-11(16)12-7-6-9-4-2-1-3-5-9/h4H,1-3,5-8H2,(H,14,15)(H2,12,13,16). The van der Waals surface area contributed by atoms with E-state index in [1.807, 2.05) is 0 Å². The maximum atomic E-state index is 11.1. The first-order chi connectivity index (χ1) is 7.68. The minimum atomic E-state index is -1.04. The summed E-state index contributed by atoms with van der Waals surface area (Å²) in [5.41, 5.74) is 1.39. The Morgan fingerprint density at radius 3 is 2.75 bits per heavy atom. The molecule has 90 valence electrons. The normalized spacial score (nSPS) is 15.1. The lowest BCUT2D eigenvalue weighted by atomic mass is 9.97. The highest BCUT2D eigenvalue weighted by Crippen LogP contribution is 2.19. The van der Waals surface area contributed by atoms with Crippen molar-refractivity contribution in [2.24, 2.45) is 0 Å². The molecule has 0 fully saturated rings.